The van der Waals surface area contributed by atoms with Crippen molar-refractivity contribution in [3.05, 3.63) is 46.2 Å². The zero-order valence-electron chi connectivity index (χ0n) is 12.5. The summed E-state index contributed by atoms with van der Waals surface area (Å²) >= 11 is 3.66. The molecule has 2 aromatic rings. The summed E-state index contributed by atoms with van der Waals surface area (Å²) in [6, 6.07) is 8.33. The van der Waals surface area contributed by atoms with Gasteiger partial charge < -0.3 is 9.47 Å². The molecule has 0 aliphatic carbocycles. The molecule has 0 fully saturated rings. The molecule has 0 aliphatic heterocycles. The van der Waals surface area contributed by atoms with Crippen LogP contribution in [-0.2, 0) is 0 Å². The molecular weight excluding hydrogens is 335 g/mol. The summed E-state index contributed by atoms with van der Waals surface area (Å²) in [5, 5.41) is 0. The van der Waals surface area contributed by atoms with Gasteiger partial charge in [0.05, 0.1) is 14.2 Å². The van der Waals surface area contributed by atoms with Gasteiger partial charge in [-0.3, -0.25) is 0 Å². The van der Waals surface area contributed by atoms with Crippen LogP contribution in [0.5, 0.6) is 11.5 Å². The molecule has 0 bridgehead atoms. The number of benzene rings is 2. The number of rotatable bonds is 4. The first kappa shape index (κ1) is 15.8. The highest BCUT2D eigenvalue weighted by molar-refractivity contribution is 9.10. The number of halogens is 2. The second kappa shape index (κ2) is 6.48. The van der Waals surface area contributed by atoms with Crippen LogP contribution in [0.4, 0.5) is 4.39 Å². The van der Waals surface area contributed by atoms with Crippen LogP contribution in [-0.4, -0.2) is 14.2 Å². The van der Waals surface area contributed by atoms with Crippen molar-refractivity contribution in [1.82, 2.24) is 0 Å². The van der Waals surface area contributed by atoms with E-state index in [1.165, 1.54) is 12.1 Å². The minimum atomic E-state index is -0.263. The minimum absolute atomic E-state index is 0.263. The molecular formula is C17H18BrFO2. The molecule has 4 heteroatoms. The van der Waals surface area contributed by atoms with E-state index in [1.54, 1.807) is 26.4 Å². The lowest BCUT2D eigenvalue weighted by Gasteiger charge is -2.19. The second-order valence-electron chi connectivity index (χ2n) is 5.05. The van der Waals surface area contributed by atoms with Gasteiger partial charge in [0, 0.05) is 10.0 Å². The topological polar surface area (TPSA) is 18.5 Å². The highest BCUT2D eigenvalue weighted by Crippen LogP contribution is 2.46. The molecule has 21 heavy (non-hydrogen) atoms. The Bertz CT molecular complexity index is 636. The molecule has 0 aliphatic rings. The standard InChI is InChI=1S/C17H18BrFO2/c1-10(2)13-9-14(20-3)17(21-4)15(16(13)18)11-5-7-12(19)8-6-11/h5-10H,1-4H3. The average molecular weight is 353 g/mol. The normalized spacial score (nSPS) is 10.8. The molecule has 2 rings (SSSR count). The third kappa shape index (κ3) is 3.05. The van der Waals surface area contributed by atoms with E-state index < -0.39 is 0 Å². The van der Waals surface area contributed by atoms with Crippen molar-refractivity contribution >= 4 is 15.9 Å². The fourth-order valence-corrected chi connectivity index (χ4v) is 3.27. The Morgan fingerprint density at radius 2 is 1.67 bits per heavy atom. The Morgan fingerprint density at radius 3 is 2.14 bits per heavy atom. The molecule has 0 spiro atoms. The average Bonchev–Trinajstić information content (AvgIpc) is 2.47. The fourth-order valence-electron chi connectivity index (χ4n) is 2.29. The highest BCUT2D eigenvalue weighted by Gasteiger charge is 2.20. The molecule has 0 N–H and O–H groups in total. The van der Waals surface area contributed by atoms with E-state index in [9.17, 15) is 4.39 Å². The van der Waals surface area contributed by atoms with Gasteiger partial charge in [-0.2, -0.15) is 0 Å². The first-order chi connectivity index (χ1) is 9.99. The lowest BCUT2D eigenvalue weighted by atomic mass is 9.95. The monoisotopic (exact) mass is 352 g/mol. The lowest BCUT2D eigenvalue weighted by Crippen LogP contribution is -1.99. The quantitative estimate of drug-likeness (QED) is 0.733. The molecule has 0 aromatic heterocycles. The van der Waals surface area contributed by atoms with Crippen LogP contribution in [0.25, 0.3) is 11.1 Å². The van der Waals surface area contributed by atoms with Gasteiger partial charge >= 0.3 is 0 Å². The Kier molecular flexibility index (Phi) is 4.88. The van der Waals surface area contributed by atoms with E-state index in [4.69, 9.17) is 9.47 Å². The summed E-state index contributed by atoms with van der Waals surface area (Å²) in [7, 11) is 3.22. The van der Waals surface area contributed by atoms with E-state index in [2.05, 4.69) is 29.8 Å². The number of hydrogen-bond donors (Lipinski definition) is 0. The van der Waals surface area contributed by atoms with Crippen LogP contribution in [0.3, 0.4) is 0 Å². The van der Waals surface area contributed by atoms with Gasteiger partial charge in [0.15, 0.2) is 11.5 Å². The zero-order valence-corrected chi connectivity index (χ0v) is 14.1. The first-order valence-corrected chi connectivity index (χ1v) is 7.49. The summed E-state index contributed by atoms with van der Waals surface area (Å²) in [4.78, 5) is 0. The lowest BCUT2D eigenvalue weighted by molar-refractivity contribution is 0.355. The van der Waals surface area contributed by atoms with Gasteiger partial charge in [0.1, 0.15) is 5.82 Å². The van der Waals surface area contributed by atoms with Gasteiger partial charge in [0.2, 0.25) is 0 Å². The van der Waals surface area contributed by atoms with Crippen molar-refractivity contribution in [2.45, 2.75) is 19.8 Å². The molecule has 0 atom stereocenters. The summed E-state index contributed by atoms with van der Waals surface area (Å²) in [6.07, 6.45) is 0. The third-order valence-corrected chi connectivity index (χ3v) is 4.24. The Labute approximate surface area is 133 Å². The van der Waals surface area contributed by atoms with E-state index in [-0.39, 0.29) is 5.82 Å². The van der Waals surface area contributed by atoms with Crippen LogP contribution in [0.2, 0.25) is 0 Å². The molecule has 0 radical (unpaired) electrons. The fraction of sp³-hybridized carbons (Fsp3) is 0.294. The Balaban J connectivity index is 2.77. The summed E-state index contributed by atoms with van der Waals surface area (Å²) in [5.41, 5.74) is 2.87. The maximum absolute atomic E-state index is 13.2. The van der Waals surface area contributed by atoms with Gasteiger partial charge in [-0.1, -0.05) is 26.0 Å². The van der Waals surface area contributed by atoms with E-state index in [0.29, 0.717) is 17.4 Å². The van der Waals surface area contributed by atoms with E-state index in [1.807, 2.05) is 6.07 Å². The third-order valence-electron chi connectivity index (χ3n) is 3.39. The Morgan fingerprint density at radius 1 is 1.05 bits per heavy atom. The predicted octanol–water partition coefficient (Wildman–Crippen LogP) is 5.40. The first-order valence-electron chi connectivity index (χ1n) is 6.69. The van der Waals surface area contributed by atoms with Gasteiger partial charge in [-0.05, 0) is 51.2 Å². The smallest absolute Gasteiger partial charge is 0.169 e. The SMILES string of the molecule is COc1cc(C(C)C)c(Br)c(-c2ccc(F)cc2)c1OC. The van der Waals surface area contributed by atoms with Gasteiger partial charge in [-0.25, -0.2) is 4.39 Å². The molecule has 2 nitrogen and oxygen atoms in total. The number of hydrogen-bond acceptors (Lipinski definition) is 2. The summed E-state index contributed by atoms with van der Waals surface area (Å²) in [6.45, 7) is 4.22. The summed E-state index contributed by atoms with van der Waals surface area (Å²) in [5.74, 6) is 1.36. The van der Waals surface area contributed by atoms with Crippen LogP contribution in [0.15, 0.2) is 34.8 Å². The molecule has 0 amide bonds. The second-order valence-corrected chi connectivity index (χ2v) is 5.84. The van der Waals surface area contributed by atoms with E-state index >= 15 is 0 Å². The van der Waals surface area contributed by atoms with Gasteiger partial charge in [-0.15, -0.1) is 0 Å². The molecule has 112 valence electrons. The largest absolute Gasteiger partial charge is 0.493 e. The highest BCUT2D eigenvalue weighted by atomic mass is 79.9. The molecule has 0 unspecified atom stereocenters. The number of ether oxygens (including phenoxy) is 2. The van der Waals surface area contributed by atoms with Crippen LogP contribution in [0.1, 0.15) is 25.3 Å². The molecule has 0 saturated heterocycles. The minimum Gasteiger partial charge on any atom is -0.493 e. The van der Waals surface area contributed by atoms with Crippen molar-refractivity contribution in [3.63, 3.8) is 0 Å². The van der Waals surface area contributed by atoms with Crippen LogP contribution >= 0.6 is 15.9 Å². The molecule has 0 saturated carbocycles. The van der Waals surface area contributed by atoms with Crippen LogP contribution in [0, 0.1) is 5.82 Å². The maximum Gasteiger partial charge on any atom is 0.169 e. The van der Waals surface area contributed by atoms with Crippen molar-refractivity contribution in [3.8, 4) is 22.6 Å². The van der Waals surface area contributed by atoms with Gasteiger partial charge in [0.25, 0.3) is 0 Å². The van der Waals surface area contributed by atoms with Crippen molar-refractivity contribution in [1.29, 1.82) is 0 Å². The molecule has 0 heterocycles. The van der Waals surface area contributed by atoms with Crippen molar-refractivity contribution in [2.24, 2.45) is 0 Å². The maximum atomic E-state index is 13.2. The van der Waals surface area contributed by atoms with Crippen molar-refractivity contribution in [2.75, 3.05) is 14.2 Å². The predicted molar refractivity (Wildman–Crippen MR) is 86.7 cm³/mol. The number of methoxy groups -OCH3 is 2. The Hall–Kier alpha value is -1.55. The van der Waals surface area contributed by atoms with E-state index in [0.717, 1.165) is 21.2 Å². The molecule has 2 aromatic carbocycles. The summed E-state index contributed by atoms with van der Waals surface area (Å²) < 4.78 is 25.1. The van der Waals surface area contributed by atoms with Crippen LogP contribution < -0.4 is 9.47 Å². The van der Waals surface area contributed by atoms with Crippen molar-refractivity contribution < 1.29 is 13.9 Å². The zero-order chi connectivity index (χ0) is 15.6.